The van der Waals surface area contributed by atoms with Crippen LogP contribution >= 0.6 is 22.9 Å². The molecule has 3 aromatic rings. The molecule has 3 rings (SSSR count). The number of hydrogen-bond acceptors (Lipinski definition) is 2. The van der Waals surface area contributed by atoms with Gasteiger partial charge in [0.2, 0.25) is 0 Å². The third-order valence-electron chi connectivity index (χ3n) is 3.48. The third-order valence-corrected chi connectivity index (χ3v) is 4.69. The maximum absolute atomic E-state index is 6.24. The third kappa shape index (κ3) is 3.02. The van der Waals surface area contributed by atoms with Crippen LogP contribution in [0.2, 0.25) is 5.02 Å². The first-order valence-corrected chi connectivity index (χ1v) is 8.21. The topological polar surface area (TPSA) is 12.9 Å². The standard InChI is InChI=1S/C18H16ClNS/c1-12(2)13-7-9-14(10-8-13)17-11-21-18(20-17)15-5-3-4-6-16(15)19/h3-12H,1-2H3. The smallest absolute Gasteiger partial charge is 0.125 e. The normalized spacial score (nSPS) is 11.0. The molecule has 0 spiro atoms. The zero-order valence-electron chi connectivity index (χ0n) is 12.0. The summed E-state index contributed by atoms with van der Waals surface area (Å²) in [6, 6.07) is 16.5. The molecular weight excluding hydrogens is 298 g/mol. The second-order valence-corrected chi connectivity index (χ2v) is 6.56. The Balaban J connectivity index is 1.93. The lowest BCUT2D eigenvalue weighted by atomic mass is 10.0. The molecule has 0 fully saturated rings. The minimum absolute atomic E-state index is 0.549. The summed E-state index contributed by atoms with van der Waals surface area (Å²) in [7, 11) is 0. The molecule has 1 nitrogen and oxygen atoms in total. The van der Waals surface area contributed by atoms with E-state index in [1.54, 1.807) is 11.3 Å². The van der Waals surface area contributed by atoms with Gasteiger partial charge in [-0.1, -0.05) is 67.9 Å². The van der Waals surface area contributed by atoms with Crippen LogP contribution in [0.15, 0.2) is 53.9 Å². The van der Waals surface area contributed by atoms with Crippen molar-refractivity contribution in [3.8, 4) is 21.8 Å². The summed E-state index contributed by atoms with van der Waals surface area (Å²) in [6.45, 7) is 4.40. The highest BCUT2D eigenvalue weighted by Crippen LogP contribution is 2.33. The van der Waals surface area contributed by atoms with Crippen molar-refractivity contribution >= 4 is 22.9 Å². The van der Waals surface area contributed by atoms with Crippen molar-refractivity contribution in [2.24, 2.45) is 0 Å². The number of nitrogens with zero attached hydrogens (tertiary/aromatic N) is 1. The first kappa shape index (κ1) is 14.3. The second-order valence-electron chi connectivity index (χ2n) is 5.29. The van der Waals surface area contributed by atoms with E-state index in [2.05, 4.69) is 43.5 Å². The molecule has 0 atom stereocenters. The van der Waals surface area contributed by atoms with Crippen LogP contribution in [0.5, 0.6) is 0 Å². The Morgan fingerprint density at radius 2 is 1.71 bits per heavy atom. The minimum Gasteiger partial charge on any atom is -0.236 e. The Hall–Kier alpha value is -1.64. The Bertz CT molecular complexity index is 744. The molecular formula is C18H16ClNS. The van der Waals surface area contributed by atoms with Crippen molar-refractivity contribution in [3.63, 3.8) is 0 Å². The van der Waals surface area contributed by atoms with Gasteiger partial charge in [0.1, 0.15) is 5.01 Å². The van der Waals surface area contributed by atoms with E-state index in [0.717, 1.165) is 26.9 Å². The number of rotatable bonds is 3. The van der Waals surface area contributed by atoms with E-state index in [-0.39, 0.29) is 0 Å². The number of thiazole rings is 1. The number of hydrogen-bond donors (Lipinski definition) is 0. The summed E-state index contributed by atoms with van der Waals surface area (Å²) in [4.78, 5) is 4.72. The van der Waals surface area contributed by atoms with Crippen molar-refractivity contribution in [1.29, 1.82) is 0 Å². The lowest BCUT2D eigenvalue weighted by molar-refractivity contribution is 0.867. The van der Waals surface area contributed by atoms with Crippen LogP contribution in [0.25, 0.3) is 21.8 Å². The lowest BCUT2D eigenvalue weighted by Gasteiger charge is -2.05. The Morgan fingerprint density at radius 1 is 1.00 bits per heavy atom. The zero-order chi connectivity index (χ0) is 14.8. The molecule has 106 valence electrons. The molecule has 1 heterocycles. The molecule has 0 saturated heterocycles. The second kappa shape index (κ2) is 6.00. The van der Waals surface area contributed by atoms with E-state index in [9.17, 15) is 0 Å². The Morgan fingerprint density at radius 3 is 2.38 bits per heavy atom. The molecule has 1 aromatic heterocycles. The highest BCUT2D eigenvalue weighted by molar-refractivity contribution is 7.13. The molecule has 0 aliphatic heterocycles. The van der Waals surface area contributed by atoms with Gasteiger partial charge in [-0.3, -0.25) is 0 Å². The molecule has 0 unspecified atom stereocenters. The molecule has 0 saturated carbocycles. The van der Waals surface area contributed by atoms with Crippen molar-refractivity contribution < 1.29 is 0 Å². The van der Waals surface area contributed by atoms with Gasteiger partial charge < -0.3 is 0 Å². The van der Waals surface area contributed by atoms with Crippen molar-refractivity contribution in [3.05, 3.63) is 64.5 Å². The Labute approximate surface area is 134 Å². The van der Waals surface area contributed by atoms with Gasteiger partial charge >= 0.3 is 0 Å². The van der Waals surface area contributed by atoms with Crippen LogP contribution in [-0.4, -0.2) is 4.98 Å². The maximum Gasteiger partial charge on any atom is 0.125 e. The summed E-state index contributed by atoms with van der Waals surface area (Å²) < 4.78 is 0. The molecule has 0 amide bonds. The molecule has 0 radical (unpaired) electrons. The summed E-state index contributed by atoms with van der Waals surface area (Å²) in [5.74, 6) is 0.549. The monoisotopic (exact) mass is 313 g/mol. The van der Waals surface area contributed by atoms with E-state index >= 15 is 0 Å². The van der Waals surface area contributed by atoms with E-state index in [1.165, 1.54) is 5.56 Å². The van der Waals surface area contributed by atoms with Crippen LogP contribution in [0.3, 0.4) is 0 Å². The van der Waals surface area contributed by atoms with Crippen molar-refractivity contribution in [1.82, 2.24) is 4.98 Å². The molecule has 0 aliphatic carbocycles. The van der Waals surface area contributed by atoms with Gasteiger partial charge in [0, 0.05) is 16.5 Å². The van der Waals surface area contributed by atoms with Crippen molar-refractivity contribution in [2.45, 2.75) is 19.8 Å². The first-order valence-electron chi connectivity index (χ1n) is 6.96. The molecule has 2 aromatic carbocycles. The molecule has 3 heteroatoms. The summed E-state index contributed by atoms with van der Waals surface area (Å²) >= 11 is 7.86. The maximum atomic E-state index is 6.24. The number of aromatic nitrogens is 1. The van der Waals surface area contributed by atoms with Gasteiger partial charge in [-0.2, -0.15) is 0 Å². The Kier molecular flexibility index (Phi) is 4.09. The van der Waals surface area contributed by atoms with Gasteiger partial charge in [-0.15, -0.1) is 11.3 Å². The number of benzene rings is 2. The first-order chi connectivity index (χ1) is 10.1. The van der Waals surface area contributed by atoms with E-state index in [1.807, 2.05) is 24.3 Å². The fraction of sp³-hybridized carbons (Fsp3) is 0.167. The van der Waals surface area contributed by atoms with Gasteiger partial charge in [0.05, 0.1) is 10.7 Å². The van der Waals surface area contributed by atoms with Crippen LogP contribution in [0.1, 0.15) is 25.3 Å². The summed E-state index contributed by atoms with van der Waals surface area (Å²) in [5, 5.41) is 3.79. The highest BCUT2D eigenvalue weighted by Gasteiger charge is 2.09. The highest BCUT2D eigenvalue weighted by atomic mass is 35.5. The van der Waals surface area contributed by atoms with Gasteiger partial charge in [0.25, 0.3) is 0 Å². The van der Waals surface area contributed by atoms with Gasteiger partial charge in [0.15, 0.2) is 0 Å². The van der Waals surface area contributed by atoms with Gasteiger partial charge in [-0.25, -0.2) is 4.98 Å². The predicted molar refractivity (Wildman–Crippen MR) is 92.1 cm³/mol. The van der Waals surface area contributed by atoms with E-state index in [4.69, 9.17) is 16.6 Å². The number of halogens is 1. The predicted octanol–water partition coefficient (Wildman–Crippen LogP) is 6.25. The van der Waals surface area contributed by atoms with Crippen molar-refractivity contribution in [2.75, 3.05) is 0 Å². The molecule has 0 bridgehead atoms. The SMILES string of the molecule is CC(C)c1ccc(-c2csc(-c3ccccc3Cl)n2)cc1. The summed E-state index contributed by atoms with van der Waals surface area (Å²) in [5.41, 5.74) is 4.49. The van der Waals surface area contributed by atoms with E-state index in [0.29, 0.717) is 5.92 Å². The van der Waals surface area contributed by atoms with Crippen LogP contribution in [0, 0.1) is 0 Å². The quantitative estimate of drug-likeness (QED) is 0.556. The zero-order valence-corrected chi connectivity index (χ0v) is 13.6. The minimum atomic E-state index is 0.549. The van der Waals surface area contributed by atoms with Gasteiger partial charge in [-0.05, 0) is 17.5 Å². The van der Waals surface area contributed by atoms with Crippen LogP contribution in [0.4, 0.5) is 0 Å². The average Bonchev–Trinajstić information content (AvgIpc) is 2.97. The van der Waals surface area contributed by atoms with Crippen LogP contribution < -0.4 is 0 Å². The fourth-order valence-electron chi connectivity index (χ4n) is 2.20. The van der Waals surface area contributed by atoms with Crippen LogP contribution in [-0.2, 0) is 0 Å². The molecule has 0 N–H and O–H groups in total. The molecule has 21 heavy (non-hydrogen) atoms. The summed E-state index contributed by atoms with van der Waals surface area (Å²) in [6.07, 6.45) is 0. The lowest BCUT2D eigenvalue weighted by Crippen LogP contribution is -1.87. The van der Waals surface area contributed by atoms with E-state index < -0.39 is 0 Å². The largest absolute Gasteiger partial charge is 0.236 e. The average molecular weight is 314 g/mol. The fourth-order valence-corrected chi connectivity index (χ4v) is 3.35. The molecule has 0 aliphatic rings.